The van der Waals surface area contributed by atoms with Crippen LogP contribution in [0.5, 0.6) is 5.75 Å². The molecule has 0 saturated heterocycles. The Bertz CT molecular complexity index is 1420. The van der Waals surface area contributed by atoms with Crippen LogP contribution in [-0.4, -0.2) is 51.4 Å². The first-order valence-corrected chi connectivity index (χ1v) is 15.0. The molecule has 0 radical (unpaired) electrons. The molecule has 0 fully saturated rings. The summed E-state index contributed by atoms with van der Waals surface area (Å²) in [6.45, 7) is 5.80. The fraction of sp³-hybridized carbons (Fsp3) is 0.333. The summed E-state index contributed by atoms with van der Waals surface area (Å²) in [4.78, 5) is 28.7. The van der Waals surface area contributed by atoms with Crippen LogP contribution in [0.1, 0.15) is 37.8 Å². The normalized spacial score (nSPS) is 11.9. The Morgan fingerprint density at radius 2 is 1.73 bits per heavy atom. The maximum absolute atomic E-state index is 14.1. The molecule has 10 heteroatoms. The lowest BCUT2D eigenvalue weighted by molar-refractivity contribution is -0.140. The lowest BCUT2D eigenvalue weighted by Gasteiger charge is -2.33. The third-order valence-corrected chi connectivity index (χ3v) is 8.49. The first-order chi connectivity index (χ1) is 19.1. The second kappa shape index (κ2) is 14.2. The van der Waals surface area contributed by atoms with Gasteiger partial charge in [0.15, 0.2) is 0 Å². The summed E-state index contributed by atoms with van der Waals surface area (Å²) in [7, 11) is -2.72. The van der Waals surface area contributed by atoms with Gasteiger partial charge in [0.2, 0.25) is 11.8 Å². The molecule has 3 rings (SSSR count). The minimum absolute atomic E-state index is 0.0210. The Morgan fingerprint density at radius 1 is 1.00 bits per heavy atom. The van der Waals surface area contributed by atoms with E-state index in [0.717, 1.165) is 21.9 Å². The van der Waals surface area contributed by atoms with Gasteiger partial charge in [-0.3, -0.25) is 13.9 Å². The minimum Gasteiger partial charge on any atom is -0.495 e. The molecule has 0 aliphatic heterocycles. The number of halogens is 1. The van der Waals surface area contributed by atoms with Crippen LogP contribution in [0.25, 0.3) is 0 Å². The number of methoxy groups -OCH3 is 1. The summed E-state index contributed by atoms with van der Waals surface area (Å²) in [6.07, 6.45) is 1.10. The van der Waals surface area contributed by atoms with Crippen molar-refractivity contribution in [1.82, 2.24) is 10.2 Å². The van der Waals surface area contributed by atoms with E-state index >= 15 is 0 Å². The standard InChI is InChI=1S/C30H36ClN3O5S/c1-5-17-32-30(36)27(6-2)33(20-23-12-10-11-22(3)18-23)29(35)21-34(24-15-16-28(39-4)26(31)19-24)40(37,38)25-13-8-7-9-14-25/h7-16,18-19,27H,5-6,17,20-21H2,1-4H3,(H,32,36)/t27-/m0/s1. The predicted molar refractivity (Wildman–Crippen MR) is 158 cm³/mol. The molecule has 0 aromatic heterocycles. The van der Waals surface area contributed by atoms with Crippen LogP contribution < -0.4 is 14.4 Å². The Labute approximate surface area is 241 Å². The topological polar surface area (TPSA) is 96.0 Å². The fourth-order valence-corrected chi connectivity index (χ4v) is 6.03. The van der Waals surface area contributed by atoms with Crippen LogP contribution in [-0.2, 0) is 26.2 Å². The third-order valence-electron chi connectivity index (χ3n) is 6.40. The van der Waals surface area contributed by atoms with Gasteiger partial charge in [0.05, 0.1) is 22.7 Å². The molecule has 0 saturated carbocycles. The van der Waals surface area contributed by atoms with Crippen LogP contribution in [0.3, 0.4) is 0 Å². The lowest BCUT2D eigenvalue weighted by atomic mass is 10.1. The molecule has 1 N–H and O–H groups in total. The fourth-order valence-electron chi connectivity index (χ4n) is 4.35. The molecule has 1 atom stereocenters. The molecule has 3 aromatic carbocycles. The van der Waals surface area contributed by atoms with Crippen molar-refractivity contribution < 1.29 is 22.7 Å². The van der Waals surface area contributed by atoms with Crippen LogP contribution in [0.2, 0.25) is 5.02 Å². The van der Waals surface area contributed by atoms with Gasteiger partial charge in [0, 0.05) is 13.1 Å². The van der Waals surface area contributed by atoms with E-state index in [1.54, 1.807) is 24.3 Å². The number of sulfonamides is 1. The highest BCUT2D eigenvalue weighted by Gasteiger charge is 2.33. The molecule has 8 nitrogen and oxygen atoms in total. The lowest BCUT2D eigenvalue weighted by Crippen LogP contribution is -2.52. The van der Waals surface area contributed by atoms with E-state index in [0.29, 0.717) is 18.7 Å². The second-order valence-corrected chi connectivity index (χ2v) is 11.6. The van der Waals surface area contributed by atoms with Crippen molar-refractivity contribution in [3.63, 3.8) is 0 Å². The van der Waals surface area contributed by atoms with Gasteiger partial charge in [-0.25, -0.2) is 8.42 Å². The van der Waals surface area contributed by atoms with Crippen LogP contribution in [0.15, 0.2) is 77.7 Å². The van der Waals surface area contributed by atoms with E-state index < -0.39 is 28.5 Å². The smallest absolute Gasteiger partial charge is 0.264 e. The number of amides is 2. The monoisotopic (exact) mass is 585 g/mol. The van der Waals surface area contributed by atoms with E-state index in [1.165, 1.54) is 36.3 Å². The van der Waals surface area contributed by atoms with Crippen molar-refractivity contribution in [2.24, 2.45) is 0 Å². The zero-order valence-electron chi connectivity index (χ0n) is 23.3. The summed E-state index contributed by atoms with van der Waals surface area (Å²) in [5, 5.41) is 3.08. The summed E-state index contributed by atoms with van der Waals surface area (Å²) < 4.78 is 34.0. The van der Waals surface area contributed by atoms with E-state index in [-0.39, 0.29) is 28.1 Å². The summed E-state index contributed by atoms with van der Waals surface area (Å²) in [5.41, 5.74) is 2.04. The number of ether oxygens (including phenoxy) is 1. The molecule has 2 amide bonds. The Hall–Kier alpha value is -3.56. The molecule has 214 valence electrons. The molecule has 3 aromatic rings. The van der Waals surface area contributed by atoms with Crippen LogP contribution >= 0.6 is 11.6 Å². The highest BCUT2D eigenvalue weighted by Crippen LogP contribution is 2.32. The summed E-state index contributed by atoms with van der Waals surface area (Å²) >= 11 is 6.36. The number of nitrogens with zero attached hydrogens (tertiary/aromatic N) is 2. The number of hydrogen-bond donors (Lipinski definition) is 1. The predicted octanol–water partition coefficient (Wildman–Crippen LogP) is 5.19. The largest absolute Gasteiger partial charge is 0.495 e. The van der Waals surface area contributed by atoms with Crippen molar-refractivity contribution in [1.29, 1.82) is 0 Å². The van der Waals surface area contributed by atoms with Crippen molar-refractivity contribution in [2.45, 2.75) is 51.1 Å². The zero-order valence-corrected chi connectivity index (χ0v) is 24.8. The quantitative estimate of drug-likeness (QED) is 0.298. The summed E-state index contributed by atoms with van der Waals surface area (Å²) in [6, 6.07) is 19.3. The number of rotatable bonds is 13. The van der Waals surface area contributed by atoms with Crippen molar-refractivity contribution >= 4 is 39.1 Å². The van der Waals surface area contributed by atoms with E-state index in [1.807, 2.05) is 45.0 Å². The average Bonchev–Trinajstić information content (AvgIpc) is 2.94. The molecule has 0 bridgehead atoms. The third kappa shape index (κ3) is 7.55. The average molecular weight is 586 g/mol. The van der Waals surface area contributed by atoms with Crippen molar-refractivity contribution in [3.05, 3.63) is 88.9 Å². The maximum atomic E-state index is 14.1. The highest BCUT2D eigenvalue weighted by atomic mass is 35.5. The Balaban J connectivity index is 2.07. The number of carbonyl (C=O) groups is 2. The van der Waals surface area contributed by atoms with Gasteiger partial charge in [0.1, 0.15) is 18.3 Å². The number of nitrogens with one attached hydrogen (secondary N) is 1. The van der Waals surface area contributed by atoms with Crippen molar-refractivity contribution in [2.75, 3.05) is 24.5 Å². The van der Waals surface area contributed by atoms with Crippen LogP contribution in [0, 0.1) is 6.92 Å². The number of anilines is 1. The molecule has 0 heterocycles. The molecular formula is C30H36ClN3O5S. The second-order valence-electron chi connectivity index (χ2n) is 9.37. The Kier molecular flexibility index (Phi) is 11.0. The molecule has 40 heavy (non-hydrogen) atoms. The molecule has 0 aliphatic rings. The van der Waals surface area contributed by atoms with Gasteiger partial charge in [-0.15, -0.1) is 0 Å². The van der Waals surface area contributed by atoms with Gasteiger partial charge in [-0.1, -0.05) is 73.5 Å². The minimum atomic E-state index is -4.18. The molecular weight excluding hydrogens is 550 g/mol. The van der Waals surface area contributed by atoms with E-state index in [9.17, 15) is 18.0 Å². The van der Waals surface area contributed by atoms with Crippen LogP contribution in [0.4, 0.5) is 5.69 Å². The first-order valence-electron chi connectivity index (χ1n) is 13.2. The first kappa shape index (κ1) is 31.0. The number of hydrogen-bond acceptors (Lipinski definition) is 5. The Morgan fingerprint density at radius 3 is 2.33 bits per heavy atom. The number of aryl methyl sites for hydroxylation is 1. The highest BCUT2D eigenvalue weighted by molar-refractivity contribution is 7.92. The number of carbonyl (C=O) groups excluding carboxylic acids is 2. The van der Waals surface area contributed by atoms with Gasteiger partial charge >= 0.3 is 0 Å². The molecule has 0 spiro atoms. The molecule has 0 unspecified atom stereocenters. The van der Waals surface area contributed by atoms with Crippen molar-refractivity contribution in [3.8, 4) is 5.75 Å². The van der Waals surface area contributed by atoms with E-state index in [2.05, 4.69) is 5.32 Å². The van der Waals surface area contributed by atoms with Gasteiger partial charge < -0.3 is 15.0 Å². The number of benzene rings is 3. The van der Waals surface area contributed by atoms with Gasteiger partial charge in [-0.05, 0) is 55.7 Å². The summed E-state index contributed by atoms with van der Waals surface area (Å²) in [5.74, 6) is -0.435. The zero-order chi connectivity index (χ0) is 29.3. The maximum Gasteiger partial charge on any atom is 0.264 e. The van der Waals surface area contributed by atoms with E-state index in [4.69, 9.17) is 16.3 Å². The van der Waals surface area contributed by atoms with Gasteiger partial charge in [0.25, 0.3) is 10.0 Å². The van der Waals surface area contributed by atoms with Gasteiger partial charge in [-0.2, -0.15) is 0 Å². The molecule has 0 aliphatic carbocycles. The SMILES string of the molecule is CCCNC(=O)[C@H](CC)N(Cc1cccc(C)c1)C(=O)CN(c1ccc(OC)c(Cl)c1)S(=O)(=O)c1ccccc1.